The number of rotatable bonds is 6. The van der Waals surface area contributed by atoms with Crippen molar-refractivity contribution in [3.05, 3.63) is 42.0 Å². The molecule has 198 valence electrons. The number of carbonyl (C=O) groups excluding carboxylic acids is 1. The van der Waals surface area contributed by atoms with Gasteiger partial charge in [-0.3, -0.25) is 4.79 Å². The lowest BCUT2D eigenvalue weighted by Gasteiger charge is -2.34. The molecule has 0 N–H and O–H groups in total. The summed E-state index contributed by atoms with van der Waals surface area (Å²) in [6.07, 6.45) is 3.91. The summed E-state index contributed by atoms with van der Waals surface area (Å²) in [6.45, 7) is 3.55. The molecule has 2 aliphatic heterocycles. The van der Waals surface area contributed by atoms with E-state index in [4.69, 9.17) is 14.5 Å². The number of hydrogen-bond acceptors (Lipinski definition) is 8. The Bertz CT molecular complexity index is 1360. The van der Waals surface area contributed by atoms with Gasteiger partial charge in [-0.1, -0.05) is 24.2 Å². The Hall–Kier alpha value is -2.89. The fourth-order valence-corrected chi connectivity index (χ4v) is 7.45. The Kier molecular flexibility index (Phi) is 7.55. The Morgan fingerprint density at radius 1 is 0.865 bits per heavy atom. The van der Waals surface area contributed by atoms with Gasteiger partial charge in [-0.05, 0) is 49.2 Å². The van der Waals surface area contributed by atoms with E-state index in [-0.39, 0.29) is 10.8 Å². The Balaban J connectivity index is 1.24. The van der Waals surface area contributed by atoms with Crippen LogP contribution in [0, 0.1) is 0 Å². The number of nitrogens with zero attached hydrogens (tertiary/aromatic N) is 4. The number of amides is 1. The van der Waals surface area contributed by atoms with Gasteiger partial charge < -0.3 is 19.3 Å². The molecule has 0 unspecified atom stereocenters. The summed E-state index contributed by atoms with van der Waals surface area (Å²) in [4.78, 5) is 22.2. The highest BCUT2D eigenvalue weighted by Crippen LogP contribution is 2.40. The zero-order valence-electron chi connectivity index (χ0n) is 21.2. The van der Waals surface area contributed by atoms with E-state index in [1.165, 1.54) is 0 Å². The van der Waals surface area contributed by atoms with Gasteiger partial charge in [-0.2, -0.15) is 4.31 Å². The summed E-state index contributed by atoms with van der Waals surface area (Å²) in [5, 5.41) is 0.886. The minimum Gasteiger partial charge on any atom is -0.493 e. The maximum absolute atomic E-state index is 13.2. The lowest BCUT2D eigenvalue weighted by molar-refractivity contribution is 0.0746. The average Bonchev–Trinajstić information content (AvgIpc) is 3.17. The van der Waals surface area contributed by atoms with Crippen molar-refractivity contribution in [3.63, 3.8) is 0 Å². The summed E-state index contributed by atoms with van der Waals surface area (Å²) in [7, 11) is -0.317. The Labute approximate surface area is 221 Å². The molecule has 0 radical (unpaired) electrons. The second-order valence-corrected chi connectivity index (χ2v) is 12.2. The molecule has 0 atom stereocenters. The SMILES string of the molecule is COc1ccc2sc(N3CCN(C(=O)c4ccc(S(=O)(=O)N5CCCCCC5)cc4)CC3)nc2c1OC. The number of thiazole rings is 1. The van der Waals surface area contributed by atoms with Crippen molar-refractivity contribution < 1.29 is 22.7 Å². The van der Waals surface area contributed by atoms with Crippen molar-refractivity contribution in [2.45, 2.75) is 30.6 Å². The summed E-state index contributed by atoms with van der Waals surface area (Å²) < 4.78 is 39.6. The van der Waals surface area contributed by atoms with E-state index >= 15 is 0 Å². The highest BCUT2D eigenvalue weighted by atomic mass is 32.2. The van der Waals surface area contributed by atoms with Crippen LogP contribution in [0.25, 0.3) is 10.2 Å². The molecule has 3 aromatic rings. The van der Waals surface area contributed by atoms with E-state index in [9.17, 15) is 13.2 Å². The molecule has 11 heteroatoms. The van der Waals surface area contributed by atoms with Crippen molar-refractivity contribution in [1.82, 2.24) is 14.2 Å². The van der Waals surface area contributed by atoms with Gasteiger partial charge in [0.05, 0.1) is 23.8 Å². The molecule has 0 saturated carbocycles. The minimum absolute atomic E-state index is 0.0888. The topological polar surface area (TPSA) is 92.3 Å². The number of hydrogen-bond donors (Lipinski definition) is 0. The molecule has 0 spiro atoms. The van der Waals surface area contributed by atoms with Crippen LogP contribution in [0.5, 0.6) is 11.5 Å². The number of methoxy groups -OCH3 is 2. The van der Waals surface area contributed by atoms with Crippen molar-refractivity contribution in [1.29, 1.82) is 0 Å². The van der Waals surface area contributed by atoms with Crippen LogP contribution in [0.4, 0.5) is 5.13 Å². The van der Waals surface area contributed by atoms with Crippen LogP contribution in [0.3, 0.4) is 0 Å². The third-order valence-electron chi connectivity index (χ3n) is 7.03. The largest absolute Gasteiger partial charge is 0.493 e. The van der Waals surface area contributed by atoms with Gasteiger partial charge in [0.2, 0.25) is 10.0 Å². The molecule has 2 saturated heterocycles. The molecule has 2 aliphatic rings. The summed E-state index contributed by atoms with van der Waals surface area (Å²) in [6, 6.07) is 10.2. The van der Waals surface area contributed by atoms with E-state index < -0.39 is 10.0 Å². The van der Waals surface area contributed by atoms with Gasteiger partial charge in [0.25, 0.3) is 5.91 Å². The van der Waals surface area contributed by atoms with Crippen LogP contribution in [0.2, 0.25) is 0 Å². The van der Waals surface area contributed by atoms with Crippen molar-refractivity contribution in [3.8, 4) is 11.5 Å². The van der Waals surface area contributed by atoms with Gasteiger partial charge in [0.1, 0.15) is 5.52 Å². The number of carbonyl (C=O) groups is 1. The van der Waals surface area contributed by atoms with Crippen molar-refractivity contribution >= 4 is 42.6 Å². The van der Waals surface area contributed by atoms with Crippen molar-refractivity contribution in [2.24, 2.45) is 0 Å². The van der Waals surface area contributed by atoms with Crippen LogP contribution in [-0.4, -0.2) is 82.0 Å². The number of aromatic nitrogens is 1. The summed E-state index contributed by atoms with van der Waals surface area (Å²) in [5.41, 5.74) is 1.27. The number of sulfonamides is 1. The highest BCUT2D eigenvalue weighted by molar-refractivity contribution is 7.89. The van der Waals surface area contributed by atoms with Gasteiger partial charge in [-0.15, -0.1) is 0 Å². The number of ether oxygens (including phenoxy) is 2. The average molecular weight is 545 g/mol. The molecular weight excluding hydrogens is 512 g/mol. The number of piperazine rings is 1. The molecule has 1 amide bonds. The van der Waals surface area contributed by atoms with E-state index in [0.717, 1.165) is 41.0 Å². The molecule has 0 aliphatic carbocycles. The van der Waals surface area contributed by atoms with Crippen LogP contribution >= 0.6 is 11.3 Å². The highest BCUT2D eigenvalue weighted by Gasteiger charge is 2.27. The van der Waals surface area contributed by atoms with E-state index in [2.05, 4.69) is 4.90 Å². The van der Waals surface area contributed by atoms with Crippen molar-refractivity contribution in [2.75, 3.05) is 58.4 Å². The predicted molar refractivity (Wildman–Crippen MR) is 145 cm³/mol. The monoisotopic (exact) mass is 544 g/mol. The molecular formula is C26H32N4O5S2. The zero-order chi connectivity index (χ0) is 26.0. The molecule has 2 aromatic carbocycles. The fraction of sp³-hybridized carbons (Fsp3) is 0.462. The molecule has 37 heavy (non-hydrogen) atoms. The smallest absolute Gasteiger partial charge is 0.253 e. The molecule has 2 fully saturated rings. The summed E-state index contributed by atoms with van der Waals surface area (Å²) in [5.74, 6) is 1.18. The maximum Gasteiger partial charge on any atom is 0.253 e. The molecule has 5 rings (SSSR count). The van der Waals surface area contributed by atoms with E-state index in [1.807, 2.05) is 17.0 Å². The standard InChI is InChI=1S/C26H32N4O5S2/c1-34-21-11-12-22-23(24(21)35-2)27-26(36-22)29-17-15-28(16-18-29)25(31)19-7-9-20(10-8-19)37(32,33)30-13-5-3-4-6-14-30/h7-12H,3-6,13-18H2,1-2H3. The zero-order valence-corrected chi connectivity index (χ0v) is 22.8. The van der Waals surface area contributed by atoms with Crippen LogP contribution in [0.15, 0.2) is 41.3 Å². The quantitative estimate of drug-likeness (QED) is 0.466. The molecule has 9 nitrogen and oxygen atoms in total. The van der Waals surface area contributed by atoms with Crippen LogP contribution < -0.4 is 14.4 Å². The lowest BCUT2D eigenvalue weighted by atomic mass is 10.2. The third-order valence-corrected chi connectivity index (χ3v) is 10.0. The van der Waals surface area contributed by atoms with Gasteiger partial charge in [0.15, 0.2) is 16.6 Å². The Morgan fingerprint density at radius 3 is 2.16 bits per heavy atom. The number of anilines is 1. The van der Waals surface area contributed by atoms with Gasteiger partial charge >= 0.3 is 0 Å². The molecule has 3 heterocycles. The van der Waals surface area contributed by atoms with Crippen LogP contribution in [0.1, 0.15) is 36.0 Å². The minimum atomic E-state index is -3.53. The summed E-state index contributed by atoms with van der Waals surface area (Å²) >= 11 is 1.59. The fourth-order valence-electron chi connectivity index (χ4n) is 4.92. The second kappa shape index (κ2) is 10.8. The number of fused-ring (bicyclic) bond motifs is 1. The second-order valence-electron chi connectivity index (χ2n) is 9.27. The lowest BCUT2D eigenvalue weighted by Crippen LogP contribution is -2.48. The normalized spacial score (nSPS) is 17.6. The first kappa shape index (κ1) is 25.7. The molecule has 1 aromatic heterocycles. The van der Waals surface area contributed by atoms with E-state index in [1.54, 1.807) is 54.1 Å². The first-order valence-corrected chi connectivity index (χ1v) is 14.8. The predicted octanol–water partition coefficient (Wildman–Crippen LogP) is 3.84. The van der Waals surface area contributed by atoms with Gasteiger partial charge in [-0.25, -0.2) is 13.4 Å². The third kappa shape index (κ3) is 5.12. The van der Waals surface area contributed by atoms with E-state index in [0.29, 0.717) is 56.3 Å². The molecule has 0 bridgehead atoms. The Morgan fingerprint density at radius 2 is 1.54 bits per heavy atom. The number of benzene rings is 2. The first-order valence-electron chi connectivity index (χ1n) is 12.6. The van der Waals surface area contributed by atoms with Crippen LogP contribution in [-0.2, 0) is 10.0 Å². The maximum atomic E-state index is 13.2. The van der Waals surface area contributed by atoms with Gasteiger partial charge in [0, 0.05) is 44.8 Å². The first-order chi connectivity index (χ1) is 17.9.